The summed E-state index contributed by atoms with van der Waals surface area (Å²) in [5.41, 5.74) is 2.25. The van der Waals surface area contributed by atoms with Gasteiger partial charge in [0.2, 0.25) is 0 Å². The van der Waals surface area contributed by atoms with Crippen LogP contribution in [0.15, 0.2) is 36.4 Å². The van der Waals surface area contributed by atoms with Gasteiger partial charge in [0.15, 0.2) is 0 Å². The van der Waals surface area contributed by atoms with E-state index in [1.54, 1.807) is 12.1 Å². The fourth-order valence-corrected chi connectivity index (χ4v) is 4.54. The van der Waals surface area contributed by atoms with Crippen molar-refractivity contribution in [2.45, 2.75) is 44.0 Å². The van der Waals surface area contributed by atoms with Crippen molar-refractivity contribution in [2.75, 3.05) is 19.6 Å². The van der Waals surface area contributed by atoms with Crippen LogP contribution in [0, 0.1) is 6.92 Å². The van der Waals surface area contributed by atoms with E-state index >= 15 is 0 Å². The maximum Gasteiger partial charge on any atom is 0.126 e. The summed E-state index contributed by atoms with van der Waals surface area (Å²) in [6.07, 6.45) is 1.10. The zero-order chi connectivity index (χ0) is 19.9. The summed E-state index contributed by atoms with van der Waals surface area (Å²) < 4.78 is 6.40. The molecule has 2 aromatic rings. The number of benzene rings is 2. The maximum absolute atomic E-state index is 10.7. The van der Waals surface area contributed by atoms with Crippen LogP contribution in [-0.4, -0.2) is 40.3 Å². The molecule has 1 saturated heterocycles. The Morgan fingerprint density at radius 1 is 1.18 bits per heavy atom. The van der Waals surface area contributed by atoms with Crippen molar-refractivity contribution in [3.63, 3.8) is 0 Å². The largest absolute Gasteiger partial charge is 0.487 e. The van der Waals surface area contributed by atoms with Crippen LogP contribution in [0.25, 0.3) is 0 Å². The summed E-state index contributed by atoms with van der Waals surface area (Å²) in [6, 6.07) is 11.1. The molecule has 0 unspecified atom stereocenters. The summed E-state index contributed by atoms with van der Waals surface area (Å²) in [6.45, 7) is 4.16. The van der Waals surface area contributed by atoms with Gasteiger partial charge in [-0.15, -0.1) is 0 Å². The molecule has 0 aliphatic carbocycles. The van der Waals surface area contributed by atoms with Crippen molar-refractivity contribution in [1.29, 1.82) is 0 Å². The van der Waals surface area contributed by atoms with E-state index in [9.17, 15) is 10.2 Å². The Kier molecular flexibility index (Phi) is 5.60. The predicted octanol–water partition coefficient (Wildman–Crippen LogP) is 4.69. The zero-order valence-electron chi connectivity index (χ0n) is 15.9. The van der Waals surface area contributed by atoms with Gasteiger partial charge in [0.05, 0.1) is 12.2 Å². The molecule has 2 aliphatic heterocycles. The van der Waals surface area contributed by atoms with E-state index in [0.717, 1.165) is 48.4 Å². The molecule has 2 aromatic carbocycles. The molecule has 4 nitrogen and oxygen atoms in total. The Labute approximate surface area is 175 Å². The lowest BCUT2D eigenvalue weighted by molar-refractivity contribution is -0.0588. The second-order valence-electron chi connectivity index (χ2n) is 8.01. The molecule has 1 spiro atoms. The number of aryl methyl sites for hydroxylation is 1. The SMILES string of the molecule is Cc1cc2c(cc1Cl)[C@@H](O)CC1(CCN(C[C@@H](O)c3ccc(Cl)cc3)CC1)O2. The van der Waals surface area contributed by atoms with E-state index in [4.69, 9.17) is 27.9 Å². The summed E-state index contributed by atoms with van der Waals surface area (Å²) >= 11 is 12.1. The highest BCUT2D eigenvalue weighted by Gasteiger charge is 2.43. The van der Waals surface area contributed by atoms with Crippen molar-refractivity contribution >= 4 is 23.2 Å². The van der Waals surface area contributed by atoms with Gasteiger partial charge in [-0.3, -0.25) is 0 Å². The lowest BCUT2D eigenvalue weighted by Crippen LogP contribution is -2.51. The zero-order valence-corrected chi connectivity index (χ0v) is 17.4. The quantitative estimate of drug-likeness (QED) is 0.754. The number of rotatable bonds is 3. The number of ether oxygens (including phenoxy) is 1. The minimum Gasteiger partial charge on any atom is -0.487 e. The molecule has 2 aliphatic rings. The van der Waals surface area contributed by atoms with E-state index in [1.165, 1.54) is 0 Å². The molecular formula is C22H25Cl2NO3. The van der Waals surface area contributed by atoms with Gasteiger partial charge in [-0.05, 0) is 55.2 Å². The Morgan fingerprint density at radius 3 is 2.54 bits per heavy atom. The predicted molar refractivity (Wildman–Crippen MR) is 111 cm³/mol. The number of fused-ring (bicyclic) bond motifs is 1. The lowest BCUT2D eigenvalue weighted by Gasteiger charge is -2.46. The monoisotopic (exact) mass is 421 g/mol. The summed E-state index contributed by atoms with van der Waals surface area (Å²) in [5.74, 6) is 0.746. The molecule has 1 fully saturated rings. The number of β-amino-alcohol motifs (C(OH)–C–C–N with tert-alkyl or cyclic N) is 1. The highest BCUT2D eigenvalue weighted by molar-refractivity contribution is 6.31. The smallest absolute Gasteiger partial charge is 0.126 e. The van der Waals surface area contributed by atoms with Crippen molar-refractivity contribution in [2.24, 2.45) is 0 Å². The first kappa shape index (κ1) is 20.0. The van der Waals surface area contributed by atoms with Gasteiger partial charge < -0.3 is 19.8 Å². The minimum atomic E-state index is -0.562. The lowest BCUT2D eigenvalue weighted by atomic mass is 9.81. The van der Waals surface area contributed by atoms with Crippen molar-refractivity contribution in [3.8, 4) is 5.75 Å². The van der Waals surface area contributed by atoms with Gasteiger partial charge in [0, 0.05) is 41.7 Å². The average molecular weight is 422 g/mol. The highest BCUT2D eigenvalue weighted by Crippen LogP contribution is 2.45. The fraction of sp³-hybridized carbons (Fsp3) is 0.455. The van der Waals surface area contributed by atoms with E-state index < -0.39 is 12.2 Å². The molecule has 0 bridgehead atoms. The molecule has 0 saturated carbocycles. The van der Waals surface area contributed by atoms with Crippen LogP contribution >= 0.6 is 23.2 Å². The van der Waals surface area contributed by atoms with Crippen LogP contribution in [0.5, 0.6) is 5.75 Å². The third kappa shape index (κ3) is 4.03. The third-order valence-electron chi connectivity index (χ3n) is 6.00. The first-order valence-electron chi connectivity index (χ1n) is 9.68. The fourth-order valence-electron chi connectivity index (χ4n) is 4.24. The van der Waals surface area contributed by atoms with E-state index in [0.29, 0.717) is 23.0 Å². The van der Waals surface area contributed by atoms with Gasteiger partial charge in [0.1, 0.15) is 11.4 Å². The van der Waals surface area contributed by atoms with Gasteiger partial charge in [-0.2, -0.15) is 0 Å². The third-order valence-corrected chi connectivity index (χ3v) is 6.65. The summed E-state index contributed by atoms with van der Waals surface area (Å²) in [5, 5.41) is 22.5. The van der Waals surface area contributed by atoms with Crippen LogP contribution in [0.2, 0.25) is 10.0 Å². The first-order valence-corrected chi connectivity index (χ1v) is 10.4. The van der Waals surface area contributed by atoms with Gasteiger partial charge in [0.25, 0.3) is 0 Å². The highest BCUT2D eigenvalue weighted by atomic mass is 35.5. The molecular weight excluding hydrogens is 397 g/mol. The van der Waals surface area contributed by atoms with Crippen molar-refractivity contribution < 1.29 is 14.9 Å². The van der Waals surface area contributed by atoms with Crippen LogP contribution in [-0.2, 0) is 0 Å². The number of halogens is 2. The maximum atomic E-state index is 10.7. The number of nitrogens with zero attached hydrogens (tertiary/aromatic N) is 1. The Bertz CT molecular complexity index is 848. The van der Waals surface area contributed by atoms with Crippen LogP contribution in [0.1, 0.15) is 48.2 Å². The number of aliphatic hydroxyl groups is 2. The second-order valence-corrected chi connectivity index (χ2v) is 8.86. The van der Waals surface area contributed by atoms with E-state index in [-0.39, 0.29) is 5.60 Å². The first-order chi connectivity index (χ1) is 13.3. The van der Waals surface area contributed by atoms with Crippen molar-refractivity contribution in [3.05, 3.63) is 63.1 Å². The molecule has 150 valence electrons. The Balaban J connectivity index is 1.41. The van der Waals surface area contributed by atoms with Gasteiger partial charge in [-0.25, -0.2) is 0 Å². The molecule has 2 N–H and O–H groups in total. The molecule has 2 heterocycles. The normalized spacial score (nSPS) is 22.5. The Morgan fingerprint density at radius 2 is 1.86 bits per heavy atom. The molecule has 0 aromatic heterocycles. The molecule has 4 rings (SSSR count). The van der Waals surface area contributed by atoms with Crippen LogP contribution in [0.4, 0.5) is 0 Å². The molecule has 6 heteroatoms. The van der Waals surface area contributed by atoms with Crippen molar-refractivity contribution in [1.82, 2.24) is 4.90 Å². The van der Waals surface area contributed by atoms with E-state index in [1.807, 2.05) is 31.2 Å². The molecule has 0 amide bonds. The van der Waals surface area contributed by atoms with Crippen LogP contribution < -0.4 is 4.74 Å². The van der Waals surface area contributed by atoms with Crippen LogP contribution in [0.3, 0.4) is 0 Å². The number of hydrogen-bond donors (Lipinski definition) is 2. The standard InChI is InChI=1S/C22H25Cl2NO3/c1-14-10-21-17(11-18(14)24)19(26)12-22(28-21)6-8-25(9-7-22)13-20(27)15-2-4-16(23)5-3-15/h2-5,10-11,19-20,26-27H,6-9,12-13H2,1H3/t19-,20+/m0/s1. The molecule has 2 atom stereocenters. The minimum absolute atomic E-state index is 0.353. The number of likely N-dealkylation sites (tertiary alicyclic amines) is 1. The second kappa shape index (κ2) is 7.85. The van der Waals surface area contributed by atoms with Gasteiger partial charge >= 0.3 is 0 Å². The summed E-state index contributed by atoms with van der Waals surface area (Å²) in [4.78, 5) is 2.25. The number of hydrogen-bond acceptors (Lipinski definition) is 4. The Hall–Kier alpha value is -1.30. The van der Waals surface area contributed by atoms with E-state index in [2.05, 4.69) is 4.90 Å². The average Bonchev–Trinajstić information content (AvgIpc) is 2.66. The van der Waals surface area contributed by atoms with Gasteiger partial charge in [-0.1, -0.05) is 35.3 Å². The molecule has 0 radical (unpaired) electrons. The number of aliphatic hydroxyl groups excluding tert-OH is 2. The number of piperidine rings is 1. The topological polar surface area (TPSA) is 52.9 Å². The molecule has 28 heavy (non-hydrogen) atoms. The summed E-state index contributed by atoms with van der Waals surface area (Å²) in [7, 11) is 0.